The highest BCUT2D eigenvalue weighted by Crippen LogP contribution is 2.13. The number of carbonyl (C=O) groups is 2. The Labute approximate surface area is 144 Å². The highest BCUT2D eigenvalue weighted by Gasteiger charge is 2.25. The van der Waals surface area contributed by atoms with Gasteiger partial charge in [0.05, 0.1) is 0 Å². The van der Waals surface area contributed by atoms with E-state index in [2.05, 4.69) is 4.98 Å². The largest absolute Gasteiger partial charge is 0.484 e. The molecule has 7 heteroatoms. The van der Waals surface area contributed by atoms with E-state index in [4.69, 9.17) is 4.74 Å². The molecule has 0 unspecified atom stereocenters. The molecule has 0 radical (unpaired) electrons. The lowest BCUT2D eigenvalue weighted by atomic mass is 10.2. The first-order valence-corrected chi connectivity index (χ1v) is 7.99. The molecule has 130 valence electrons. The zero-order valence-electron chi connectivity index (χ0n) is 13.6. The Morgan fingerprint density at radius 1 is 1.04 bits per heavy atom. The Kier molecular flexibility index (Phi) is 5.23. The highest BCUT2D eigenvalue weighted by molar-refractivity contribution is 5.94. The van der Waals surface area contributed by atoms with E-state index in [0.717, 1.165) is 0 Å². The third-order valence-corrected chi connectivity index (χ3v) is 4.01. The van der Waals surface area contributed by atoms with Crippen molar-refractivity contribution < 1.29 is 18.7 Å². The molecule has 1 aromatic heterocycles. The Morgan fingerprint density at radius 2 is 1.72 bits per heavy atom. The lowest BCUT2D eigenvalue weighted by Gasteiger charge is -2.34. The van der Waals surface area contributed by atoms with Crippen molar-refractivity contribution in [1.29, 1.82) is 0 Å². The van der Waals surface area contributed by atoms with Gasteiger partial charge in [-0.2, -0.15) is 0 Å². The second-order valence-corrected chi connectivity index (χ2v) is 5.65. The number of hydrogen-bond acceptors (Lipinski definition) is 4. The molecular weight excluding hydrogens is 325 g/mol. The molecule has 2 amide bonds. The van der Waals surface area contributed by atoms with Crippen LogP contribution in [0.4, 0.5) is 4.39 Å². The van der Waals surface area contributed by atoms with Crippen LogP contribution in [0.25, 0.3) is 0 Å². The van der Waals surface area contributed by atoms with Gasteiger partial charge in [-0.25, -0.2) is 4.39 Å². The van der Waals surface area contributed by atoms with Gasteiger partial charge in [0.1, 0.15) is 11.6 Å². The van der Waals surface area contributed by atoms with Crippen molar-refractivity contribution in [3.8, 4) is 5.75 Å². The van der Waals surface area contributed by atoms with E-state index >= 15 is 0 Å². The van der Waals surface area contributed by atoms with Crippen molar-refractivity contribution in [3.05, 3.63) is 60.2 Å². The fourth-order valence-corrected chi connectivity index (χ4v) is 2.63. The molecule has 1 saturated heterocycles. The minimum atomic E-state index is -0.409. The summed E-state index contributed by atoms with van der Waals surface area (Å²) >= 11 is 0. The van der Waals surface area contributed by atoms with Crippen molar-refractivity contribution in [1.82, 2.24) is 14.8 Å². The summed E-state index contributed by atoms with van der Waals surface area (Å²) in [4.78, 5) is 31.8. The van der Waals surface area contributed by atoms with Crippen LogP contribution in [0, 0.1) is 5.82 Å². The summed E-state index contributed by atoms with van der Waals surface area (Å²) in [5.74, 6) is -0.334. The Balaban J connectivity index is 1.48. The van der Waals surface area contributed by atoms with Gasteiger partial charge in [-0.3, -0.25) is 14.6 Å². The zero-order chi connectivity index (χ0) is 17.6. The number of benzene rings is 1. The molecule has 3 rings (SSSR count). The number of ether oxygens (including phenoxy) is 1. The van der Waals surface area contributed by atoms with Crippen molar-refractivity contribution in [3.63, 3.8) is 0 Å². The number of hydrogen-bond donors (Lipinski definition) is 0. The van der Waals surface area contributed by atoms with Crippen LogP contribution in [0.2, 0.25) is 0 Å². The standard InChI is InChI=1S/C18H18FN3O3/c19-15-2-1-3-16(12-15)25-13-17(23)21-8-10-22(11-9-21)18(24)14-4-6-20-7-5-14/h1-7,12H,8-11,13H2. The Hall–Kier alpha value is -2.96. The molecule has 0 atom stereocenters. The maximum Gasteiger partial charge on any atom is 0.260 e. The highest BCUT2D eigenvalue weighted by atomic mass is 19.1. The maximum atomic E-state index is 13.1. The number of aromatic nitrogens is 1. The summed E-state index contributed by atoms with van der Waals surface area (Å²) in [5, 5.41) is 0. The quantitative estimate of drug-likeness (QED) is 0.846. The van der Waals surface area contributed by atoms with E-state index in [1.54, 1.807) is 40.4 Å². The topological polar surface area (TPSA) is 62.7 Å². The van der Waals surface area contributed by atoms with E-state index < -0.39 is 5.82 Å². The van der Waals surface area contributed by atoms with Crippen LogP contribution >= 0.6 is 0 Å². The van der Waals surface area contributed by atoms with Crippen LogP contribution in [-0.2, 0) is 4.79 Å². The summed E-state index contributed by atoms with van der Waals surface area (Å²) < 4.78 is 18.4. The van der Waals surface area contributed by atoms with Gasteiger partial charge in [0, 0.05) is 50.2 Å². The van der Waals surface area contributed by atoms with Crippen molar-refractivity contribution in [2.75, 3.05) is 32.8 Å². The predicted octanol–water partition coefficient (Wildman–Crippen LogP) is 1.58. The molecule has 1 fully saturated rings. The van der Waals surface area contributed by atoms with Gasteiger partial charge in [0.25, 0.3) is 11.8 Å². The van der Waals surface area contributed by atoms with Crippen LogP contribution < -0.4 is 4.74 Å². The molecule has 6 nitrogen and oxygen atoms in total. The molecule has 25 heavy (non-hydrogen) atoms. The van der Waals surface area contributed by atoms with Crippen LogP contribution in [-0.4, -0.2) is 59.4 Å². The fourth-order valence-electron chi connectivity index (χ4n) is 2.63. The summed E-state index contributed by atoms with van der Waals surface area (Å²) in [5.41, 5.74) is 0.587. The summed E-state index contributed by atoms with van der Waals surface area (Å²) in [6.45, 7) is 1.67. The molecule has 0 N–H and O–H groups in total. The van der Waals surface area contributed by atoms with E-state index in [0.29, 0.717) is 37.5 Å². The van der Waals surface area contributed by atoms with Gasteiger partial charge < -0.3 is 14.5 Å². The van der Waals surface area contributed by atoms with E-state index in [1.807, 2.05) is 0 Å². The number of rotatable bonds is 4. The van der Waals surface area contributed by atoms with Gasteiger partial charge in [0.2, 0.25) is 0 Å². The molecule has 0 aliphatic carbocycles. The Bertz CT molecular complexity index is 746. The second kappa shape index (κ2) is 7.74. The molecule has 0 spiro atoms. The van der Waals surface area contributed by atoms with Gasteiger partial charge in [-0.05, 0) is 24.3 Å². The minimum Gasteiger partial charge on any atom is -0.484 e. The lowest BCUT2D eigenvalue weighted by molar-refractivity contribution is -0.134. The smallest absolute Gasteiger partial charge is 0.260 e. The number of nitrogens with zero attached hydrogens (tertiary/aromatic N) is 3. The molecule has 1 aliphatic rings. The van der Waals surface area contributed by atoms with Crippen LogP contribution in [0.1, 0.15) is 10.4 Å². The fraction of sp³-hybridized carbons (Fsp3) is 0.278. The second-order valence-electron chi connectivity index (χ2n) is 5.65. The van der Waals surface area contributed by atoms with Crippen LogP contribution in [0.15, 0.2) is 48.8 Å². The first-order chi connectivity index (χ1) is 12.1. The molecule has 1 aromatic carbocycles. The number of pyridine rings is 1. The summed E-state index contributed by atoms with van der Waals surface area (Å²) in [7, 11) is 0. The molecule has 2 heterocycles. The van der Waals surface area contributed by atoms with Gasteiger partial charge in [0.15, 0.2) is 6.61 Å². The van der Waals surface area contributed by atoms with Crippen molar-refractivity contribution in [2.24, 2.45) is 0 Å². The lowest BCUT2D eigenvalue weighted by Crippen LogP contribution is -2.51. The maximum absolute atomic E-state index is 13.1. The monoisotopic (exact) mass is 343 g/mol. The molecular formula is C18H18FN3O3. The number of amides is 2. The average molecular weight is 343 g/mol. The third kappa shape index (κ3) is 4.32. The summed E-state index contributed by atoms with van der Waals surface area (Å²) in [6.07, 6.45) is 3.16. The number of piperazine rings is 1. The van der Waals surface area contributed by atoms with Gasteiger partial charge >= 0.3 is 0 Å². The van der Waals surface area contributed by atoms with Crippen molar-refractivity contribution in [2.45, 2.75) is 0 Å². The molecule has 0 saturated carbocycles. The molecule has 0 bridgehead atoms. The number of halogens is 1. The van der Waals surface area contributed by atoms with Gasteiger partial charge in [-0.1, -0.05) is 6.07 Å². The third-order valence-electron chi connectivity index (χ3n) is 4.01. The first kappa shape index (κ1) is 16.9. The van der Waals surface area contributed by atoms with Crippen LogP contribution in [0.3, 0.4) is 0 Å². The van der Waals surface area contributed by atoms with Gasteiger partial charge in [-0.15, -0.1) is 0 Å². The van der Waals surface area contributed by atoms with Crippen molar-refractivity contribution >= 4 is 11.8 Å². The SMILES string of the molecule is O=C(COc1cccc(F)c1)N1CCN(C(=O)c2ccncc2)CC1. The van der Waals surface area contributed by atoms with E-state index in [-0.39, 0.29) is 18.4 Å². The first-order valence-electron chi connectivity index (χ1n) is 7.99. The van der Waals surface area contributed by atoms with E-state index in [9.17, 15) is 14.0 Å². The number of carbonyl (C=O) groups excluding carboxylic acids is 2. The van der Waals surface area contributed by atoms with E-state index in [1.165, 1.54) is 18.2 Å². The summed E-state index contributed by atoms with van der Waals surface area (Å²) in [6, 6.07) is 9.02. The predicted molar refractivity (Wildman–Crippen MR) is 88.6 cm³/mol. The Morgan fingerprint density at radius 3 is 2.40 bits per heavy atom. The molecule has 2 aromatic rings. The normalized spacial score (nSPS) is 14.3. The molecule has 1 aliphatic heterocycles. The van der Waals surface area contributed by atoms with Crippen LogP contribution in [0.5, 0.6) is 5.75 Å². The zero-order valence-corrected chi connectivity index (χ0v) is 13.6. The minimum absolute atomic E-state index is 0.0643. The average Bonchev–Trinajstić information content (AvgIpc) is 2.66.